The Morgan fingerprint density at radius 2 is 2.58 bits per heavy atom. The van der Waals surface area contributed by atoms with Gasteiger partial charge in [0.2, 0.25) is 0 Å². The van der Waals surface area contributed by atoms with Crippen LogP contribution < -0.4 is 10.9 Å². The van der Waals surface area contributed by atoms with Crippen LogP contribution in [0.15, 0.2) is 29.8 Å². The largest absolute Gasteiger partial charge is 0.365 e. The lowest BCUT2D eigenvalue weighted by atomic mass is 10.4. The van der Waals surface area contributed by atoms with Crippen molar-refractivity contribution >= 4 is 5.82 Å². The average molecular weight is 165 g/mol. The minimum Gasteiger partial charge on any atom is -0.365 e. The fourth-order valence-corrected chi connectivity index (χ4v) is 0.770. The Bertz CT molecular complexity index is 305. The van der Waals surface area contributed by atoms with E-state index in [1.165, 1.54) is 12.4 Å². The zero-order valence-corrected chi connectivity index (χ0v) is 6.71. The van der Waals surface area contributed by atoms with Crippen LogP contribution in [-0.2, 0) is 0 Å². The van der Waals surface area contributed by atoms with Crippen LogP contribution in [0.3, 0.4) is 0 Å². The van der Waals surface area contributed by atoms with Crippen LogP contribution >= 0.6 is 0 Å². The summed E-state index contributed by atoms with van der Waals surface area (Å²) in [6.07, 6.45) is 5.64. The van der Waals surface area contributed by atoms with E-state index in [4.69, 9.17) is 0 Å². The van der Waals surface area contributed by atoms with E-state index in [2.05, 4.69) is 21.9 Å². The van der Waals surface area contributed by atoms with Crippen LogP contribution in [-0.4, -0.2) is 16.5 Å². The van der Waals surface area contributed by atoms with Gasteiger partial charge in [0.05, 0.1) is 0 Å². The number of rotatable bonds is 4. The minimum absolute atomic E-state index is 0.193. The molecule has 0 aliphatic rings. The smallest absolute Gasteiger partial charge is 0.290 e. The number of aromatic nitrogens is 2. The summed E-state index contributed by atoms with van der Waals surface area (Å²) in [5.41, 5.74) is -0.193. The monoisotopic (exact) mass is 165 g/mol. The molecule has 0 fully saturated rings. The maximum absolute atomic E-state index is 11.0. The van der Waals surface area contributed by atoms with E-state index in [0.29, 0.717) is 12.4 Å². The lowest BCUT2D eigenvalue weighted by molar-refractivity contribution is 1.02. The SMILES string of the molecule is C=CCCNc1ncc[nH]c1=O. The molecule has 12 heavy (non-hydrogen) atoms. The van der Waals surface area contributed by atoms with Crippen LogP contribution in [0.25, 0.3) is 0 Å². The highest BCUT2D eigenvalue weighted by atomic mass is 16.1. The highest BCUT2D eigenvalue weighted by Gasteiger charge is 1.95. The number of aromatic amines is 1. The van der Waals surface area contributed by atoms with Crippen molar-refractivity contribution in [3.05, 3.63) is 35.4 Å². The molecule has 1 aromatic heterocycles. The Hall–Kier alpha value is -1.58. The molecule has 0 saturated heterocycles. The second-order valence-electron chi connectivity index (χ2n) is 2.27. The van der Waals surface area contributed by atoms with E-state index >= 15 is 0 Å². The van der Waals surface area contributed by atoms with E-state index in [1.54, 1.807) is 6.08 Å². The van der Waals surface area contributed by atoms with Gasteiger partial charge >= 0.3 is 0 Å². The molecule has 1 heterocycles. The van der Waals surface area contributed by atoms with Crippen molar-refractivity contribution in [2.75, 3.05) is 11.9 Å². The molecule has 2 N–H and O–H groups in total. The van der Waals surface area contributed by atoms with Crippen LogP contribution in [0.4, 0.5) is 5.82 Å². The van der Waals surface area contributed by atoms with Gasteiger partial charge in [0, 0.05) is 18.9 Å². The molecule has 0 saturated carbocycles. The summed E-state index contributed by atoms with van der Waals surface area (Å²) in [5, 5.41) is 2.89. The first-order valence-corrected chi connectivity index (χ1v) is 3.73. The summed E-state index contributed by atoms with van der Waals surface area (Å²) in [5.74, 6) is 0.361. The first-order valence-electron chi connectivity index (χ1n) is 3.73. The van der Waals surface area contributed by atoms with Crippen LogP contribution in [0.1, 0.15) is 6.42 Å². The number of anilines is 1. The first kappa shape index (κ1) is 8.52. The van der Waals surface area contributed by atoms with Gasteiger partial charge in [-0.3, -0.25) is 4.79 Å². The molecule has 1 rings (SSSR count). The lowest BCUT2D eigenvalue weighted by Crippen LogP contribution is -2.15. The topological polar surface area (TPSA) is 57.8 Å². The van der Waals surface area contributed by atoms with Crippen molar-refractivity contribution in [3.8, 4) is 0 Å². The van der Waals surface area contributed by atoms with Gasteiger partial charge in [-0.05, 0) is 6.42 Å². The summed E-state index contributed by atoms with van der Waals surface area (Å²) in [6, 6.07) is 0. The predicted octanol–water partition coefficient (Wildman–Crippen LogP) is 0.758. The van der Waals surface area contributed by atoms with Crippen LogP contribution in [0.5, 0.6) is 0 Å². The molecular formula is C8H11N3O. The molecule has 1 aromatic rings. The summed E-state index contributed by atoms with van der Waals surface area (Å²) in [7, 11) is 0. The molecule has 4 nitrogen and oxygen atoms in total. The predicted molar refractivity (Wildman–Crippen MR) is 48.2 cm³/mol. The van der Waals surface area contributed by atoms with Gasteiger partial charge in [-0.25, -0.2) is 4.98 Å². The van der Waals surface area contributed by atoms with Crippen molar-refractivity contribution in [1.29, 1.82) is 0 Å². The van der Waals surface area contributed by atoms with Gasteiger partial charge in [0.25, 0.3) is 5.56 Å². The fourth-order valence-electron chi connectivity index (χ4n) is 0.770. The number of H-pyrrole nitrogens is 1. The van der Waals surface area contributed by atoms with E-state index in [9.17, 15) is 4.79 Å². The summed E-state index contributed by atoms with van der Waals surface area (Å²) < 4.78 is 0. The molecule has 0 atom stereocenters. The second kappa shape index (κ2) is 4.33. The minimum atomic E-state index is -0.193. The highest BCUT2D eigenvalue weighted by Crippen LogP contribution is 1.89. The van der Waals surface area contributed by atoms with Crippen LogP contribution in [0.2, 0.25) is 0 Å². The second-order valence-corrected chi connectivity index (χ2v) is 2.27. The summed E-state index contributed by atoms with van der Waals surface area (Å²) in [4.78, 5) is 17.4. The zero-order chi connectivity index (χ0) is 8.81. The Balaban J connectivity index is 2.57. The first-order chi connectivity index (χ1) is 5.84. The molecule has 4 heteroatoms. The fraction of sp³-hybridized carbons (Fsp3) is 0.250. The molecule has 0 aliphatic carbocycles. The molecular weight excluding hydrogens is 154 g/mol. The number of nitrogens with one attached hydrogen (secondary N) is 2. The molecule has 0 bridgehead atoms. The lowest BCUT2D eigenvalue weighted by Gasteiger charge is -2.00. The molecule has 0 amide bonds. The molecule has 64 valence electrons. The molecule has 0 radical (unpaired) electrons. The van der Waals surface area contributed by atoms with Crippen molar-refractivity contribution in [2.45, 2.75) is 6.42 Å². The Morgan fingerprint density at radius 3 is 3.25 bits per heavy atom. The highest BCUT2D eigenvalue weighted by molar-refractivity contribution is 5.29. The van der Waals surface area contributed by atoms with Gasteiger partial charge < -0.3 is 10.3 Å². The summed E-state index contributed by atoms with van der Waals surface area (Å²) in [6.45, 7) is 4.25. The molecule has 0 aromatic carbocycles. The Morgan fingerprint density at radius 1 is 1.75 bits per heavy atom. The molecule has 0 unspecified atom stereocenters. The standard InChI is InChI=1S/C8H11N3O/c1-2-3-4-9-7-8(12)11-6-5-10-7/h2,5-6H,1,3-4H2,(H,9,10)(H,11,12). The van der Waals surface area contributed by atoms with E-state index in [-0.39, 0.29) is 5.56 Å². The van der Waals surface area contributed by atoms with Crippen molar-refractivity contribution in [3.63, 3.8) is 0 Å². The van der Waals surface area contributed by atoms with Gasteiger partial charge in [-0.1, -0.05) is 6.08 Å². The van der Waals surface area contributed by atoms with Crippen molar-refractivity contribution in [2.24, 2.45) is 0 Å². The van der Waals surface area contributed by atoms with E-state index in [1.807, 2.05) is 0 Å². The summed E-state index contributed by atoms with van der Waals surface area (Å²) >= 11 is 0. The third kappa shape index (κ3) is 2.23. The third-order valence-electron chi connectivity index (χ3n) is 1.35. The normalized spacial score (nSPS) is 9.33. The maximum atomic E-state index is 11.0. The number of hydrogen-bond donors (Lipinski definition) is 2. The third-order valence-corrected chi connectivity index (χ3v) is 1.35. The van der Waals surface area contributed by atoms with Gasteiger partial charge in [0.15, 0.2) is 5.82 Å². The molecule has 0 spiro atoms. The molecule has 0 aliphatic heterocycles. The zero-order valence-electron chi connectivity index (χ0n) is 6.71. The van der Waals surface area contributed by atoms with Gasteiger partial charge in [0.1, 0.15) is 0 Å². The van der Waals surface area contributed by atoms with Crippen LogP contribution in [0, 0.1) is 0 Å². The number of hydrogen-bond acceptors (Lipinski definition) is 3. The Kier molecular flexibility index (Phi) is 3.07. The van der Waals surface area contributed by atoms with Gasteiger partial charge in [-0.15, -0.1) is 6.58 Å². The van der Waals surface area contributed by atoms with Crippen molar-refractivity contribution < 1.29 is 0 Å². The van der Waals surface area contributed by atoms with Crippen molar-refractivity contribution in [1.82, 2.24) is 9.97 Å². The quantitative estimate of drug-likeness (QED) is 0.511. The van der Waals surface area contributed by atoms with Gasteiger partial charge in [-0.2, -0.15) is 0 Å². The number of nitrogens with zero attached hydrogens (tertiary/aromatic N) is 1. The van der Waals surface area contributed by atoms with E-state index in [0.717, 1.165) is 6.42 Å². The van der Waals surface area contributed by atoms with E-state index < -0.39 is 0 Å². The Labute approximate surface area is 70.4 Å². The maximum Gasteiger partial charge on any atom is 0.290 e. The average Bonchev–Trinajstić information content (AvgIpc) is 2.09.